The molecule has 0 atom stereocenters. The van der Waals surface area contributed by atoms with Gasteiger partial charge >= 0.3 is 5.97 Å². The second-order valence-electron chi connectivity index (χ2n) is 4.27. The molecule has 2 aromatic rings. The van der Waals surface area contributed by atoms with Crippen LogP contribution in [-0.4, -0.2) is 22.8 Å². The Morgan fingerprint density at radius 3 is 2.80 bits per heavy atom. The molecule has 0 amide bonds. The zero-order valence-electron chi connectivity index (χ0n) is 10.7. The fourth-order valence-corrected chi connectivity index (χ4v) is 1.73. The second kappa shape index (κ2) is 5.79. The molecule has 1 aromatic carbocycles. The molecule has 0 aliphatic heterocycles. The van der Waals surface area contributed by atoms with Crippen LogP contribution in [0, 0.1) is 0 Å². The Morgan fingerprint density at radius 2 is 2.25 bits per heavy atom. The highest BCUT2D eigenvalue weighted by molar-refractivity contribution is 6.32. The molecule has 0 unspecified atom stereocenters. The Balaban J connectivity index is 2.23. The minimum absolute atomic E-state index is 0.223. The van der Waals surface area contributed by atoms with Crippen LogP contribution in [0.25, 0.3) is 11.3 Å². The van der Waals surface area contributed by atoms with Gasteiger partial charge in [0.1, 0.15) is 18.1 Å². The van der Waals surface area contributed by atoms with Crippen molar-refractivity contribution in [1.29, 1.82) is 0 Å². The van der Waals surface area contributed by atoms with E-state index >= 15 is 0 Å². The maximum absolute atomic E-state index is 10.7. The first-order valence-electron chi connectivity index (χ1n) is 5.74. The number of benzene rings is 1. The number of aromatic carboxylic acids is 1. The number of hydrogen-bond acceptors (Lipinski definition) is 4. The lowest BCUT2D eigenvalue weighted by Crippen LogP contribution is -1.98. The average Bonchev–Trinajstić information content (AvgIpc) is 2.86. The van der Waals surface area contributed by atoms with Crippen molar-refractivity contribution in [3.63, 3.8) is 0 Å². The number of carboxylic acids is 1. The quantitative estimate of drug-likeness (QED) is 0.852. The van der Waals surface area contributed by atoms with Crippen LogP contribution in [0.4, 0.5) is 0 Å². The number of carbonyl (C=O) groups is 1. The molecule has 104 valence electrons. The summed E-state index contributed by atoms with van der Waals surface area (Å²) in [6.45, 7) is 5.97. The molecular formula is C14H12ClNO4. The molecule has 0 fully saturated rings. The number of halogens is 1. The van der Waals surface area contributed by atoms with Crippen molar-refractivity contribution in [2.75, 3.05) is 6.61 Å². The van der Waals surface area contributed by atoms with Gasteiger partial charge in [0.15, 0.2) is 0 Å². The first-order valence-corrected chi connectivity index (χ1v) is 6.12. The Labute approximate surface area is 120 Å². The van der Waals surface area contributed by atoms with Crippen LogP contribution in [0.3, 0.4) is 0 Å². The van der Waals surface area contributed by atoms with Crippen LogP contribution in [0.1, 0.15) is 17.5 Å². The van der Waals surface area contributed by atoms with Crippen molar-refractivity contribution in [3.05, 3.63) is 47.2 Å². The van der Waals surface area contributed by atoms with E-state index < -0.39 is 5.97 Å². The summed E-state index contributed by atoms with van der Waals surface area (Å²) in [5.74, 6) is -0.865. The van der Waals surface area contributed by atoms with Crippen molar-refractivity contribution in [2.45, 2.75) is 6.92 Å². The van der Waals surface area contributed by atoms with Gasteiger partial charge in [-0.3, -0.25) is 0 Å². The van der Waals surface area contributed by atoms with Crippen LogP contribution in [0.2, 0.25) is 5.02 Å². The second-order valence-corrected chi connectivity index (χ2v) is 4.68. The molecule has 1 N–H and O–H groups in total. The summed E-state index contributed by atoms with van der Waals surface area (Å²) in [4.78, 5) is 10.7. The zero-order chi connectivity index (χ0) is 14.7. The smallest absolute Gasteiger partial charge is 0.374 e. The molecule has 5 nitrogen and oxygen atoms in total. The third-order valence-corrected chi connectivity index (χ3v) is 2.72. The van der Waals surface area contributed by atoms with Crippen molar-refractivity contribution < 1.29 is 19.2 Å². The van der Waals surface area contributed by atoms with E-state index in [4.69, 9.17) is 26.0 Å². The lowest BCUT2D eigenvalue weighted by Gasteiger charge is -2.08. The summed E-state index contributed by atoms with van der Waals surface area (Å²) in [6, 6.07) is 6.39. The number of hydrogen-bond donors (Lipinski definition) is 1. The fourth-order valence-electron chi connectivity index (χ4n) is 1.49. The van der Waals surface area contributed by atoms with Crippen molar-refractivity contribution >= 4 is 17.6 Å². The number of rotatable bonds is 5. The summed E-state index contributed by atoms with van der Waals surface area (Å²) in [7, 11) is 0. The van der Waals surface area contributed by atoms with Crippen LogP contribution in [0.15, 0.2) is 40.9 Å². The van der Waals surface area contributed by atoms with E-state index in [1.165, 1.54) is 6.07 Å². The molecule has 1 heterocycles. The molecule has 0 saturated carbocycles. The summed E-state index contributed by atoms with van der Waals surface area (Å²) in [5.41, 5.74) is 1.93. The molecular weight excluding hydrogens is 282 g/mol. The minimum atomic E-state index is -1.17. The Kier molecular flexibility index (Phi) is 4.10. The maximum Gasteiger partial charge on any atom is 0.374 e. The third-order valence-electron chi connectivity index (χ3n) is 2.42. The topological polar surface area (TPSA) is 72.6 Å². The van der Waals surface area contributed by atoms with Gasteiger partial charge in [-0.25, -0.2) is 4.79 Å². The molecule has 0 spiro atoms. The first kappa shape index (κ1) is 14.1. The molecule has 0 bridgehead atoms. The number of aromatic nitrogens is 1. The number of ether oxygens (including phenoxy) is 1. The minimum Gasteiger partial charge on any atom is -0.488 e. The highest BCUT2D eigenvalue weighted by Crippen LogP contribution is 2.30. The summed E-state index contributed by atoms with van der Waals surface area (Å²) >= 11 is 6.10. The van der Waals surface area contributed by atoms with E-state index in [-0.39, 0.29) is 5.76 Å². The molecule has 20 heavy (non-hydrogen) atoms. The van der Waals surface area contributed by atoms with Gasteiger partial charge in [0, 0.05) is 11.6 Å². The van der Waals surface area contributed by atoms with Gasteiger partial charge < -0.3 is 14.4 Å². The van der Waals surface area contributed by atoms with Gasteiger partial charge in [-0.15, -0.1) is 0 Å². The van der Waals surface area contributed by atoms with Crippen molar-refractivity contribution in [1.82, 2.24) is 5.16 Å². The van der Waals surface area contributed by atoms with Crippen molar-refractivity contribution in [2.24, 2.45) is 0 Å². The molecule has 6 heteroatoms. The van der Waals surface area contributed by atoms with Gasteiger partial charge in [-0.1, -0.05) is 23.3 Å². The number of carboxylic acid groups (broad SMARTS) is 1. The van der Waals surface area contributed by atoms with Gasteiger partial charge in [-0.05, 0) is 30.7 Å². The van der Waals surface area contributed by atoms with E-state index in [1.54, 1.807) is 18.2 Å². The van der Waals surface area contributed by atoms with Crippen LogP contribution < -0.4 is 4.74 Å². The van der Waals surface area contributed by atoms with Gasteiger partial charge in [0.2, 0.25) is 5.76 Å². The van der Waals surface area contributed by atoms with Gasteiger partial charge in [0.05, 0.1) is 5.02 Å². The molecule has 0 saturated heterocycles. The predicted octanol–water partition coefficient (Wildman–Crippen LogP) is 3.65. The molecule has 2 rings (SSSR count). The van der Waals surface area contributed by atoms with E-state index in [2.05, 4.69) is 11.7 Å². The maximum atomic E-state index is 10.7. The Bertz CT molecular complexity index is 663. The number of nitrogens with zero attached hydrogens (tertiary/aromatic N) is 1. The lowest BCUT2D eigenvalue weighted by molar-refractivity contribution is 0.0652. The highest BCUT2D eigenvalue weighted by atomic mass is 35.5. The Morgan fingerprint density at radius 1 is 1.50 bits per heavy atom. The molecule has 0 aliphatic rings. The van der Waals surface area contributed by atoms with E-state index in [0.29, 0.717) is 28.6 Å². The first-order chi connectivity index (χ1) is 9.47. The summed E-state index contributed by atoms with van der Waals surface area (Å²) < 4.78 is 10.2. The lowest BCUT2D eigenvalue weighted by atomic mass is 10.1. The summed E-state index contributed by atoms with van der Waals surface area (Å²) in [6.07, 6.45) is 0. The summed E-state index contributed by atoms with van der Waals surface area (Å²) in [5, 5.41) is 12.9. The SMILES string of the molecule is C=C(C)COc1ccc(-c2cc(C(=O)O)on2)cc1Cl. The third kappa shape index (κ3) is 3.19. The van der Waals surface area contributed by atoms with Crippen LogP contribution >= 0.6 is 11.6 Å². The van der Waals surface area contributed by atoms with E-state index in [1.807, 2.05) is 6.92 Å². The van der Waals surface area contributed by atoms with Crippen LogP contribution in [-0.2, 0) is 0 Å². The van der Waals surface area contributed by atoms with Crippen molar-refractivity contribution in [3.8, 4) is 17.0 Å². The highest BCUT2D eigenvalue weighted by Gasteiger charge is 2.13. The van der Waals surface area contributed by atoms with Gasteiger partial charge in [0.25, 0.3) is 0 Å². The monoisotopic (exact) mass is 293 g/mol. The van der Waals surface area contributed by atoms with E-state index in [9.17, 15) is 4.79 Å². The Hall–Kier alpha value is -2.27. The normalized spacial score (nSPS) is 10.3. The van der Waals surface area contributed by atoms with Crippen LogP contribution in [0.5, 0.6) is 5.75 Å². The standard InChI is InChI=1S/C14H12ClNO4/c1-8(2)7-19-12-4-3-9(5-10(12)15)11-6-13(14(17)18)20-16-11/h3-6H,1,7H2,2H3,(H,17,18). The van der Waals surface area contributed by atoms with E-state index in [0.717, 1.165) is 5.57 Å². The molecule has 0 aliphatic carbocycles. The molecule has 0 radical (unpaired) electrons. The molecule has 1 aromatic heterocycles. The predicted molar refractivity (Wildman–Crippen MR) is 74.2 cm³/mol. The largest absolute Gasteiger partial charge is 0.488 e. The van der Waals surface area contributed by atoms with Gasteiger partial charge in [-0.2, -0.15) is 0 Å². The zero-order valence-corrected chi connectivity index (χ0v) is 11.5. The fraction of sp³-hybridized carbons (Fsp3) is 0.143. The average molecular weight is 294 g/mol.